The third kappa shape index (κ3) is 3.23. The van der Waals surface area contributed by atoms with E-state index in [0.29, 0.717) is 18.9 Å². The van der Waals surface area contributed by atoms with E-state index in [1.54, 1.807) is 19.1 Å². The van der Waals surface area contributed by atoms with Crippen molar-refractivity contribution >= 4 is 5.97 Å². The van der Waals surface area contributed by atoms with E-state index < -0.39 is 11.5 Å². The first-order chi connectivity index (χ1) is 8.49. The van der Waals surface area contributed by atoms with Crippen LogP contribution in [0.4, 0.5) is 0 Å². The molecule has 0 saturated heterocycles. The van der Waals surface area contributed by atoms with Gasteiger partial charge in [-0.15, -0.1) is 0 Å². The fourth-order valence-corrected chi connectivity index (χ4v) is 1.98. The maximum absolute atomic E-state index is 11.4. The van der Waals surface area contributed by atoms with E-state index in [9.17, 15) is 15.0 Å². The van der Waals surface area contributed by atoms with Gasteiger partial charge in [-0.25, -0.2) is 0 Å². The minimum absolute atomic E-state index is 0.232. The molecule has 4 heteroatoms. The quantitative estimate of drug-likeness (QED) is 0.720. The topological polar surface area (TPSA) is 69.6 Å². The van der Waals surface area contributed by atoms with Crippen LogP contribution in [-0.2, 0) is 11.2 Å². The summed E-state index contributed by atoms with van der Waals surface area (Å²) in [6, 6.07) is 7.28. The van der Waals surface area contributed by atoms with Crippen molar-refractivity contribution in [2.45, 2.75) is 44.2 Å². The lowest BCUT2D eigenvalue weighted by molar-refractivity contribution is -0.144. The Morgan fingerprint density at radius 1 is 1.39 bits per heavy atom. The molecule has 0 spiro atoms. The fourth-order valence-electron chi connectivity index (χ4n) is 1.98. The number of benzene rings is 1. The average molecular weight is 249 g/mol. The lowest BCUT2D eigenvalue weighted by Crippen LogP contribution is -2.50. The van der Waals surface area contributed by atoms with Crippen molar-refractivity contribution in [2.75, 3.05) is 0 Å². The van der Waals surface area contributed by atoms with Crippen LogP contribution in [0.2, 0.25) is 0 Å². The zero-order valence-corrected chi connectivity index (χ0v) is 10.5. The van der Waals surface area contributed by atoms with Crippen LogP contribution in [0.25, 0.3) is 0 Å². The molecule has 1 atom stereocenters. The molecule has 1 fully saturated rings. The van der Waals surface area contributed by atoms with E-state index in [0.717, 1.165) is 18.4 Å². The Kier molecular flexibility index (Phi) is 3.57. The molecule has 0 radical (unpaired) electrons. The first-order valence-electron chi connectivity index (χ1n) is 6.28. The van der Waals surface area contributed by atoms with Crippen molar-refractivity contribution < 1.29 is 15.0 Å². The van der Waals surface area contributed by atoms with Crippen LogP contribution >= 0.6 is 0 Å². The number of carboxylic acids is 1. The molecule has 1 saturated carbocycles. The number of hydrogen-bond donors (Lipinski definition) is 3. The Morgan fingerprint density at radius 3 is 2.50 bits per heavy atom. The molecule has 1 aromatic carbocycles. The number of carbonyl (C=O) groups is 1. The molecule has 0 aromatic heterocycles. The highest BCUT2D eigenvalue weighted by Gasteiger charge is 2.37. The van der Waals surface area contributed by atoms with Gasteiger partial charge in [0.2, 0.25) is 0 Å². The van der Waals surface area contributed by atoms with Gasteiger partial charge in [-0.3, -0.25) is 10.1 Å². The standard InChI is InChI=1S/C14H19NO3/c1-14(13(17)18,15-11-4-5-11)9-8-10-2-6-12(16)7-3-10/h2-3,6-7,11,15-16H,4-5,8-9H2,1H3,(H,17,18). The number of rotatable bonds is 6. The van der Waals surface area contributed by atoms with Crippen molar-refractivity contribution in [1.82, 2.24) is 5.32 Å². The molecule has 4 nitrogen and oxygen atoms in total. The van der Waals surface area contributed by atoms with Crippen LogP contribution in [0, 0.1) is 0 Å². The molecular formula is C14H19NO3. The van der Waals surface area contributed by atoms with Crippen molar-refractivity contribution in [3.63, 3.8) is 0 Å². The Labute approximate surface area is 107 Å². The van der Waals surface area contributed by atoms with E-state index in [2.05, 4.69) is 5.32 Å². The third-order valence-electron chi connectivity index (χ3n) is 3.42. The number of aromatic hydroxyl groups is 1. The largest absolute Gasteiger partial charge is 0.508 e. The second-order valence-electron chi connectivity index (χ2n) is 5.22. The van der Waals surface area contributed by atoms with Gasteiger partial charge in [0.25, 0.3) is 0 Å². The normalized spacial score (nSPS) is 18.3. The van der Waals surface area contributed by atoms with Crippen LogP contribution in [0.5, 0.6) is 5.75 Å². The van der Waals surface area contributed by atoms with Gasteiger partial charge in [0, 0.05) is 6.04 Å². The summed E-state index contributed by atoms with van der Waals surface area (Å²) in [5, 5.41) is 21.7. The van der Waals surface area contributed by atoms with Crippen LogP contribution in [0.3, 0.4) is 0 Å². The number of phenolic OH excluding ortho intramolecular Hbond substituents is 1. The fraction of sp³-hybridized carbons (Fsp3) is 0.500. The molecule has 3 N–H and O–H groups in total. The molecule has 1 aromatic rings. The Balaban J connectivity index is 1.96. The SMILES string of the molecule is CC(CCc1ccc(O)cc1)(NC1CC1)C(=O)O. The first-order valence-corrected chi connectivity index (χ1v) is 6.28. The second-order valence-corrected chi connectivity index (χ2v) is 5.22. The molecule has 2 rings (SSSR count). The van der Waals surface area contributed by atoms with Gasteiger partial charge in [0.05, 0.1) is 0 Å². The van der Waals surface area contributed by atoms with Crippen LogP contribution in [-0.4, -0.2) is 27.8 Å². The summed E-state index contributed by atoms with van der Waals surface area (Å²) in [4.78, 5) is 11.4. The monoisotopic (exact) mass is 249 g/mol. The number of phenols is 1. The summed E-state index contributed by atoms with van der Waals surface area (Å²) in [5.74, 6) is -0.566. The maximum Gasteiger partial charge on any atom is 0.323 e. The molecule has 0 heterocycles. The predicted octanol–water partition coefficient (Wildman–Crippen LogP) is 1.92. The Bertz CT molecular complexity index is 425. The van der Waals surface area contributed by atoms with Crippen molar-refractivity contribution in [3.8, 4) is 5.75 Å². The summed E-state index contributed by atoms with van der Waals surface area (Å²) >= 11 is 0. The average Bonchev–Trinajstić information content (AvgIpc) is 3.12. The van der Waals surface area contributed by atoms with Crippen LogP contribution in [0.1, 0.15) is 31.7 Å². The number of carboxylic acid groups (broad SMARTS) is 1. The lowest BCUT2D eigenvalue weighted by atomic mass is 9.93. The summed E-state index contributed by atoms with van der Waals surface area (Å²) in [6.45, 7) is 1.74. The molecule has 0 aliphatic heterocycles. The third-order valence-corrected chi connectivity index (χ3v) is 3.42. The number of nitrogens with one attached hydrogen (secondary N) is 1. The summed E-state index contributed by atoms with van der Waals surface area (Å²) in [6.07, 6.45) is 3.37. The van der Waals surface area contributed by atoms with Crippen molar-refractivity contribution in [1.29, 1.82) is 0 Å². The van der Waals surface area contributed by atoms with Gasteiger partial charge in [0.15, 0.2) is 0 Å². The molecule has 1 aliphatic rings. The highest BCUT2D eigenvalue weighted by molar-refractivity contribution is 5.78. The number of aliphatic carboxylic acids is 1. The maximum atomic E-state index is 11.4. The van der Waals surface area contributed by atoms with E-state index in [-0.39, 0.29) is 5.75 Å². The van der Waals surface area contributed by atoms with Gasteiger partial charge in [-0.05, 0) is 50.3 Å². The minimum atomic E-state index is -0.862. The van der Waals surface area contributed by atoms with E-state index in [1.807, 2.05) is 12.1 Å². The van der Waals surface area contributed by atoms with E-state index >= 15 is 0 Å². The van der Waals surface area contributed by atoms with Gasteiger partial charge >= 0.3 is 5.97 Å². The zero-order chi connectivity index (χ0) is 13.2. The highest BCUT2D eigenvalue weighted by Crippen LogP contribution is 2.25. The smallest absolute Gasteiger partial charge is 0.323 e. The van der Waals surface area contributed by atoms with E-state index in [4.69, 9.17) is 0 Å². The van der Waals surface area contributed by atoms with Crippen LogP contribution in [0.15, 0.2) is 24.3 Å². The molecule has 98 valence electrons. The van der Waals surface area contributed by atoms with Gasteiger partial charge < -0.3 is 10.2 Å². The second kappa shape index (κ2) is 4.98. The number of hydrogen-bond acceptors (Lipinski definition) is 3. The van der Waals surface area contributed by atoms with Gasteiger partial charge in [0.1, 0.15) is 11.3 Å². The molecule has 1 aliphatic carbocycles. The first kappa shape index (κ1) is 12.9. The van der Waals surface area contributed by atoms with Gasteiger partial charge in [-0.2, -0.15) is 0 Å². The van der Waals surface area contributed by atoms with E-state index in [1.165, 1.54) is 0 Å². The number of aryl methyl sites for hydroxylation is 1. The zero-order valence-electron chi connectivity index (χ0n) is 10.5. The Hall–Kier alpha value is -1.55. The van der Waals surface area contributed by atoms with Crippen LogP contribution < -0.4 is 5.32 Å². The Morgan fingerprint density at radius 2 is 2.00 bits per heavy atom. The van der Waals surface area contributed by atoms with Crippen molar-refractivity contribution in [3.05, 3.63) is 29.8 Å². The van der Waals surface area contributed by atoms with Crippen molar-refractivity contribution in [2.24, 2.45) is 0 Å². The minimum Gasteiger partial charge on any atom is -0.508 e. The molecule has 0 bridgehead atoms. The summed E-state index contributed by atoms with van der Waals surface area (Å²) in [7, 11) is 0. The molecule has 18 heavy (non-hydrogen) atoms. The molecule has 1 unspecified atom stereocenters. The molecular weight excluding hydrogens is 230 g/mol. The van der Waals surface area contributed by atoms with Gasteiger partial charge in [-0.1, -0.05) is 12.1 Å². The lowest BCUT2D eigenvalue weighted by Gasteiger charge is -2.26. The molecule has 0 amide bonds. The summed E-state index contributed by atoms with van der Waals surface area (Å²) in [5.41, 5.74) is 0.178. The predicted molar refractivity (Wildman–Crippen MR) is 68.6 cm³/mol. The summed E-state index contributed by atoms with van der Waals surface area (Å²) < 4.78 is 0. The highest BCUT2D eigenvalue weighted by atomic mass is 16.4.